The minimum Gasteiger partial charge on any atom is -0.374 e. The molecule has 0 aromatic rings. The molecule has 11 heavy (non-hydrogen) atoms. The molecule has 4 heteroatoms. The Bertz CT molecular complexity index is 177. The zero-order valence-corrected chi connectivity index (χ0v) is 6.79. The molecular formula is C7H14N2O2. The number of rotatable bonds is 2. The topological polar surface area (TPSA) is 75.3 Å². The third-order valence-corrected chi connectivity index (χ3v) is 1.95. The molecular weight excluding hydrogens is 144 g/mol. The maximum atomic E-state index is 11.1. The van der Waals surface area contributed by atoms with Crippen molar-refractivity contribution in [3.8, 4) is 0 Å². The van der Waals surface area contributed by atoms with Gasteiger partial charge in [-0.3, -0.25) is 4.79 Å². The third kappa shape index (κ3) is 1.91. The summed E-state index contributed by atoms with van der Waals surface area (Å²) in [5.41, 5.74) is 5.30. The molecule has 1 aliphatic rings. The Labute approximate surface area is 65.8 Å². The number of nitrogens with one attached hydrogen (secondary N) is 1. The van der Waals surface area contributed by atoms with Crippen molar-refractivity contribution in [2.45, 2.75) is 32.0 Å². The van der Waals surface area contributed by atoms with Crippen LogP contribution in [0.25, 0.3) is 0 Å². The summed E-state index contributed by atoms with van der Waals surface area (Å²) in [4.78, 5) is 11.1. The number of carbonyl (C=O) groups excluding carboxylic acids is 1. The average molecular weight is 158 g/mol. The highest BCUT2D eigenvalue weighted by molar-refractivity contribution is 5.83. The number of nitrogens with two attached hydrogens (primary N) is 1. The lowest BCUT2D eigenvalue weighted by molar-refractivity contribution is -0.125. The van der Waals surface area contributed by atoms with Crippen LogP contribution in [-0.4, -0.2) is 22.8 Å². The fraction of sp³-hybridized carbons (Fsp3) is 0.857. The van der Waals surface area contributed by atoms with Gasteiger partial charge in [0.05, 0.1) is 5.92 Å². The molecule has 0 heterocycles. The number of aliphatic hydroxyl groups is 1. The Morgan fingerprint density at radius 2 is 2.36 bits per heavy atom. The normalized spacial score (nSPS) is 38.0. The number of aliphatic hydroxyl groups excluding tert-OH is 1. The van der Waals surface area contributed by atoms with Crippen LogP contribution in [0.4, 0.5) is 0 Å². The standard InChI is InChI=1S/C7H14N2O2/c1-4(10)9-6(11)5-3-7(5,2)8/h4-5,10H,3,8H2,1-2H3,(H,9,11). The van der Waals surface area contributed by atoms with Crippen LogP contribution < -0.4 is 11.1 Å². The first kappa shape index (κ1) is 8.49. The predicted molar refractivity (Wildman–Crippen MR) is 40.5 cm³/mol. The van der Waals surface area contributed by atoms with Crippen LogP contribution in [0.1, 0.15) is 20.3 Å². The van der Waals surface area contributed by atoms with Gasteiger partial charge in [-0.2, -0.15) is 0 Å². The summed E-state index contributed by atoms with van der Waals surface area (Å²) in [6, 6.07) is 0. The van der Waals surface area contributed by atoms with Crippen LogP contribution in [0.2, 0.25) is 0 Å². The summed E-state index contributed by atoms with van der Waals surface area (Å²) < 4.78 is 0. The van der Waals surface area contributed by atoms with Crippen molar-refractivity contribution in [3.05, 3.63) is 0 Å². The van der Waals surface area contributed by atoms with Crippen LogP contribution in [-0.2, 0) is 4.79 Å². The van der Waals surface area contributed by atoms with Crippen molar-refractivity contribution in [2.24, 2.45) is 11.7 Å². The molecule has 0 aromatic carbocycles. The number of hydrogen-bond acceptors (Lipinski definition) is 3. The van der Waals surface area contributed by atoms with Crippen molar-refractivity contribution in [3.63, 3.8) is 0 Å². The summed E-state index contributed by atoms with van der Waals surface area (Å²) in [7, 11) is 0. The van der Waals surface area contributed by atoms with Gasteiger partial charge in [-0.05, 0) is 20.3 Å². The van der Waals surface area contributed by atoms with E-state index in [-0.39, 0.29) is 17.4 Å². The van der Waals surface area contributed by atoms with Gasteiger partial charge in [0.25, 0.3) is 0 Å². The van der Waals surface area contributed by atoms with E-state index >= 15 is 0 Å². The SMILES string of the molecule is CC(O)NC(=O)C1CC1(C)N. The summed E-state index contributed by atoms with van der Waals surface area (Å²) in [6.45, 7) is 3.34. The molecule has 4 N–H and O–H groups in total. The highest BCUT2D eigenvalue weighted by atomic mass is 16.3. The van der Waals surface area contributed by atoms with Gasteiger partial charge in [-0.1, -0.05) is 0 Å². The molecule has 0 bridgehead atoms. The Kier molecular flexibility index (Phi) is 1.90. The van der Waals surface area contributed by atoms with Gasteiger partial charge in [-0.15, -0.1) is 0 Å². The number of carbonyl (C=O) groups is 1. The maximum absolute atomic E-state index is 11.1. The van der Waals surface area contributed by atoms with Gasteiger partial charge in [0.15, 0.2) is 0 Å². The van der Waals surface area contributed by atoms with Crippen LogP contribution in [0.3, 0.4) is 0 Å². The molecule has 0 aromatic heterocycles. The Hall–Kier alpha value is -0.610. The molecule has 0 spiro atoms. The molecule has 3 unspecified atom stereocenters. The van der Waals surface area contributed by atoms with Gasteiger partial charge in [0.2, 0.25) is 5.91 Å². The van der Waals surface area contributed by atoms with Crippen molar-refractivity contribution < 1.29 is 9.90 Å². The monoisotopic (exact) mass is 158 g/mol. The van der Waals surface area contributed by atoms with E-state index in [1.807, 2.05) is 6.92 Å². The highest BCUT2D eigenvalue weighted by Gasteiger charge is 2.51. The van der Waals surface area contributed by atoms with E-state index in [4.69, 9.17) is 10.8 Å². The van der Waals surface area contributed by atoms with Crippen molar-refractivity contribution >= 4 is 5.91 Å². The van der Waals surface area contributed by atoms with Gasteiger partial charge in [0, 0.05) is 5.54 Å². The molecule has 0 saturated heterocycles. The third-order valence-electron chi connectivity index (χ3n) is 1.95. The second kappa shape index (κ2) is 2.46. The van der Waals surface area contributed by atoms with Gasteiger partial charge < -0.3 is 16.2 Å². The fourth-order valence-corrected chi connectivity index (χ4v) is 1.08. The van der Waals surface area contributed by atoms with E-state index in [0.717, 1.165) is 0 Å². The largest absolute Gasteiger partial charge is 0.374 e. The lowest BCUT2D eigenvalue weighted by Gasteiger charge is -2.07. The molecule has 1 rings (SSSR count). The molecule has 0 radical (unpaired) electrons. The fourth-order valence-electron chi connectivity index (χ4n) is 1.08. The molecule has 1 saturated carbocycles. The maximum Gasteiger partial charge on any atom is 0.226 e. The van der Waals surface area contributed by atoms with Gasteiger partial charge in [-0.25, -0.2) is 0 Å². The molecule has 0 aliphatic heterocycles. The molecule has 1 aliphatic carbocycles. The van der Waals surface area contributed by atoms with Crippen molar-refractivity contribution in [2.75, 3.05) is 0 Å². The molecule has 64 valence electrons. The Morgan fingerprint density at radius 1 is 1.91 bits per heavy atom. The van der Waals surface area contributed by atoms with E-state index in [1.165, 1.54) is 6.92 Å². The summed E-state index contributed by atoms with van der Waals surface area (Å²) in [5.74, 6) is -0.262. The predicted octanol–water partition coefficient (Wildman–Crippen LogP) is -0.822. The first-order valence-electron chi connectivity index (χ1n) is 3.71. The summed E-state index contributed by atoms with van der Waals surface area (Å²) >= 11 is 0. The Balaban J connectivity index is 2.34. The quantitative estimate of drug-likeness (QED) is 0.459. The lowest BCUT2D eigenvalue weighted by atomic mass is 10.2. The van der Waals surface area contributed by atoms with Gasteiger partial charge in [0.1, 0.15) is 6.23 Å². The number of hydrogen-bond donors (Lipinski definition) is 3. The zero-order valence-electron chi connectivity index (χ0n) is 6.79. The molecule has 1 fully saturated rings. The van der Waals surface area contributed by atoms with E-state index in [2.05, 4.69) is 5.32 Å². The van der Waals surface area contributed by atoms with Crippen LogP contribution in [0.15, 0.2) is 0 Å². The summed E-state index contributed by atoms with van der Waals surface area (Å²) in [5, 5.41) is 11.2. The second-order valence-electron chi connectivity index (χ2n) is 3.45. The minimum atomic E-state index is -0.779. The first-order chi connectivity index (χ1) is 4.93. The average Bonchev–Trinajstić information content (AvgIpc) is 2.38. The van der Waals surface area contributed by atoms with Crippen LogP contribution in [0, 0.1) is 5.92 Å². The van der Waals surface area contributed by atoms with Crippen LogP contribution >= 0.6 is 0 Å². The van der Waals surface area contributed by atoms with E-state index in [0.29, 0.717) is 6.42 Å². The van der Waals surface area contributed by atoms with E-state index < -0.39 is 6.23 Å². The molecule has 3 atom stereocenters. The van der Waals surface area contributed by atoms with Crippen molar-refractivity contribution in [1.29, 1.82) is 0 Å². The second-order valence-corrected chi connectivity index (χ2v) is 3.45. The summed E-state index contributed by atoms with van der Waals surface area (Å²) in [6.07, 6.45) is -0.0650. The lowest BCUT2D eigenvalue weighted by Crippen LogP contribution is -2.37. The zero-order chi connectivity index (χ0) is 8.65. The van der Waals surface area contributed by atoms with E-state index in [1.54, 1.807) is 0 Å². The first-order valence-corrected chi connectivity index (χ1v) is 3.71. The minimum absolute atomic E-state index is 0.114. The smallest absolute Gasteiger partial charge is 0.226 e. The molecule has 4 nitrogen and oxygen atoms in total. The molecule has 1 amide bonds. The highest BCUT2D eigenvalue weighted by Crippen LogP contribution is 2.40. The van der Waals surface area contributed by atoms with E-state index in [9.17, 15) is 4.79 Å². The van der Waals surface area contributed by atoms with Crippen molar-refractivity contribution in [1.82, 2.24) is 5.32 Å². The Morgan fingerprint density at radius 3 is 2.64 bits per heavy atom. The number of amides is 1. The van der Waals surface area contributed by atoms with Gasteiger partial charge >= 0.3 is 0 Å². The van der Waals surface area contributed by atoms with Crippen LogP contribution in [0.5, 0.6) is 0 Å².